The molecule has 21 heterocycles. The number of aryl methyl sites for hydroxylation is 1. The number of hydrogen-bond donors (Lipinski definition) is 6. The molecule has 5 aliphatic rings. The van der Waals surface area contributed by atoms with Crippen molar-refractivity contribution >= 4 is 212 Å². The van der Waals surface area contributed by atoms with Crippen LogP contribution in [0.3, 0.4) is 0 Å². The first-order valence-corrected chi connectivity index (χ1v) is 48.8. The van der Waals surface area contributed by atoms with Crippen LogP contribution >= 0.6 is 63.7 Å². The second-order valence-corrected chi connectivity index (χ2v) is 39.1. The molecule has 0 atom stereocenters. The molecule has 0 bridgehead atoms. The lowest BCUT2D eigenvalue weighted by atomic mass is 10.0. The van der Waals surface area contributed by atoms with Crippen LogP contribution in [-0.2, 0) is 16.9 Å². The number of nitriles is 5. The third-order valence-corrected chi connectivity index (χ3v) is 27.6. The largest absolute Gasteiger partial charge is 0.401 e. The first-order chi connectivity index (χ1) is 64.3. The summed E-state index contributed by atoms with van der Waals surface area (Å²) in [6, 6.07) is 21.6. The van der Waals surface area contributed by atoms with Gasteiger partial charge in [-0.15, -0.1) is 0 Å². The van der Waals surface area contributed by atoms with Crippen LogP contribution in [-0.4, -0.2) is 292 Å². The Kier molecular flexibility index (Phi) is 27.7. The summed E-state index contributed by atoms with van der Waals surface area (Å²) in [4.78, 5) is 79.9. The van der Waals surface area contributed by atoms with Gasteiger partial charge < -0.3 is 64.5 Å². The average molecular weight is 2070 g/mol. The summed E-state index contributed by atoms with van der Waals surface area (Å²) < 4.78 is 66.0. The lowest BCUT2D eigenvalue weighted by Crippen LogP contribution is -2.49. The molecule has 6 N–H and O–H groups in total. The third kappa shape index (κ3) is 20.0. The number of piperazine rings is 4. The van der Waals surface area contributed by atoms with Crippen molar-refractivity contribution in [3.63, 3.8) is 0 Å². The second-order valence-electron chi connectivity index (χ2n) is 33.2. The van der Waals surface area contributed by atoms with Crippen molar-refractivity contribution in [2.24, 2.45) is 7.05 Å². The molecule has 0 aliphatic carbocycles. The normalized spacial score (nSPS) is 15.9. The highest BCUT2D eigenvalue weighted by Gasteiger charge is 2.35. The van der Waals surface area contributed by atoms with Gasteiger partial charge in [0, 0.05) is 264 Å². The number of hydrogen-bond acceptors (Lipinski definition) is 28. The fourth-order valence-electron chi connectivity index (χ4n) is 18.2. The molecule has 0 aromatic carbocycles. The molecule has 133 heavy (non-hydrogen) atoms. The van der Waals surface area contributed by atoms with E-state index in [-0.39, 0.29) is 24.5 Å². The van der Waals surface area contributed by atoms with Gasteiger partial charge in [-0.2, -0.15) is 44.6 Å². The zero-order valence-electron chi connectivity index (χ0n) is 73.3. The maximum absolute atomic E-state index is 12.6. The number of sulfone groups is 1. The SMILES string of the molecule is CCN1CCC(Nc2c(C#N)ncc3[nH]c4ncc(Br)cc4c23)CC1.CCN1CCN(c2c(C#N)ncc3[nH]c4ncc(-c5cnn(C)c5)cc4c23)CC1.CCN1CCN(c2c(C#N)ncc3[nH]c4ncc(Br)cc4c23)CC1.CS(=O)(=O)CCN1CCN(c2c(C#N)ncc3[nH]c4ncc(Br)cc4c23)CC1.N#Cc1ncc2[nH]c3ncc(Br)cc3c2c1N1CCN(CC(F)(F)F)CC1. The molecule has 42 heteroatoms. The van der Waals surface area contributed by atoms with E-state index in [0.717, 1.165) is 267 Å². The van der Waals surface area contributed by atoms with Gasteiger partial charge in [-0.1, -0.05) is 20.8 Å². The molecule has 5 fully saturated rings. The first kappa shape index (κ1) is 92.5. The van der Waals surface area contributed by atoms with Crippen molar-refractivity contribution in [3.8, 4) is 41.5 Å². The minimum atomic E-state index is -4.21. The Hall–Kier alpha value is -12.4. The van der Waals surface area contributed by atoms with E-state index >= 15 is 0 Å². The quantitative estimate of drug-likeness (QED) is 0.0589. The van der Waals surface area contributed by atoms with Crippen LogP contribution in [0.25, 0.3) is 121 Å². The molecule has 0 unspecified atom stereocenters. The van der Waals surface area contributed by atoms with Gasteiger partial charge in [-0.25, -0.2) is 58.3 Å². The van der Waals surface area contributed by atoms with Crippen molar-refractivity contribution in [2.75, 3.05) is 187 Å². The molecule has 5 aliphatic heterocycles. The molecular weight excluding hydrogens is 1980 g/mol. The van der Waals surface area contributed by atoms with Gasteiger partial charge in [0.15, 0.2) is 28.5 Å². The van der Waals surface area contributed by atoms with Crippen molar-refractivity contribution in [2.45, 2.75) is 45.8 Å². The van der Waals surface area contributed by atoms with Gasteiger partial charge in [0.2, 0.25) is 0 Å². The number of aromatic amines is 5. The van der Waals surface area contributed by atoms with Crippen molar-refractivity contribution in [1.82, 2.24) is 109 Å². The van der Waals surface area contributed by atoms with E-state index in [9.17, 15) is 47.9 Å². The van der Waals surface area contributed by atoms with Crippen molar-refractivity contribution in [3.05, 3.63) is 151 Å². The number of halogens is 7. The molecule has 0 saturated carbocycles. The van der Waals surface area contributed by atoms with Crippen LogP contribution in [0.2, 0.25) is 0 Å². The van der Waals surface area contributed by atoms with Gasteiger partial charge in [0.1, 0.15) is 68.4 Å². The van der Waals surface area contributed by atoms with E-state index in [4.69, 9.17) is 0 Å². The number of fused-ring (bicyclic) bond motifs is 15. The van der Waals surface area contributed by atoms with Crippen molar-refractivity contribution in [1.29, 1.82) is 26.3 Å². The Morgan fingerprint density at radius 3 is 1.03 bits per heavy atom. The van der Waals surface area contributed by atoms with E-state index in [2.05, 4.69) is 240 Å². The smallest absolute Gasteiger partial charge is 0.379 e. The third-order valence-electron chi connectivity index (χ3n) is 25.0. The van der Waals surface area contributed by atoms with Gasteiger partial charge in [-0.3, -0.25) is 14.5 Å². The monoisotopic (exact) mass is 2070 g/mol. The van der Waals surface area contributed by atoms with E-state index in [1.165, 1.54) is 11.2 Å². The number of piperidine rings is 1. The van der Waals surface area contributed by atoms with Gasteiger partial charge in [0.05, 0.1) is 105 Å². The van der Waals surface area contributed by atoms with Crippen LogP contribution in [0.15, 0.2) is 123 Å². The molecular formula is C91H91Br4F3N32O2S. The molecule has 5 saturated heterocycles. The lowest BCUT2D eigenvalue weighted by Gasteiger charge is -2.36. The summed E-state index contributed by atoms with van der Waals surface area (Å²) in [5.74, 6) is 0.162. The number of aromatic nitrogens is 17. The minimum Gasteiger partial charge on any atom is -0.379 e. The highest BCUT2D eigenvalue weighted by molar-refractivity contribution is 9.11. The van der Waals surface area contributed by atoms with Gasteiger partial charge in [0.25, 0.3) is 0 Å². The number of rotatable bonds is 14. The van der Waals surface area contributed by atoms with Crippen LogP contribution in [0.5, 0.6) is 0 Å². The first-order valence-electron chi connectivity index (χ1n) is 43.6. The number of nitrogens with one attached hydrogen (secondary N) is 6. The summed E-state index contributed by atoms with van der Waals surface area (Å²) in [7, 11) is -1.07. The Morgan fingerprint density at radius 2 is 0.707 bits per heavy atom. The molecule has 16 aromatic rings. The number of nitrogens with zero attached hydrogens (tertiary/aromatic N) is 26. The predicted octanol–water partition coefficient (Wildman–Crippen LogP) is 14.4. The number of pyridine rings is 10. The van der Waals surface area contributed by atoms with Crippen LogP contribution < -0.4 is 24.9 Å². The fourth-order valence-corrected chi connectivity index (χ4v) is 20.1. The second kappa shape index (κ2) is 39.8. The number of likely N-dealkylation sites (tertiary alicyclic amines) is 1. The Balaban J connectivity index is 0.000000116. The summed E-state index contributed by atoms with van der Waals surface area (Å²) >= 11 is 13.9. The van der Waals surface area contributed by atoms with E-state index in [1.54, 1.807) is 60.5 Å². The number of H-pyrrole nitrogens is 5. The van der Waals surface area contributed by atoms with Crippen LogP contribution in [0.4, 0.5) is 41.6 Å². The van der Waals surface area contributed by atoms with Crippen molar-refractivity contribution < 1.29 is 21.6 Å². The summed E-state index contributed by atoms with van der Waals surface area (Å²) in [5, 5.41) is 65.6. The van der Waals surface area contributed by atoms with Gasteiger partial charge >= 0.3 is 6.18 Å². The number of alkyl halides is 3. The summed E-state index contributed by atoms with van der Waals surface area (Å²) in [5.41, 5.74) is 16.3. The molecule has 0 spiro atoms. The number of anilines is 5. The average Bonchev–Trinajstić information content (AvgIpc) is 1.66. The fraction of sp³-hybridized carbons (Fsp3) is 0.363. The maximum Gasteiger partial charge on any atom is 0.401 e. The van der Waals surface area contributed by atoms with E-state index in [0.29, 0.717) is 72.9 Å². The number of likely N-dealkylation sites (N-methyl/N-ethyl adjacent to an activating group) is 2. The minimum absolute atomic E-state index is 0.162. The standard InChI is InChI=1S/C21H22N8.C18H19BrN6O2S.C18H19BrN6.C17H14BrF3N6.C17H17BrN6/c1-3-28-4-6-29(7-5-28)20-17(9-22)23-12-18-19(20)16-8-14(10-24-21(16)26-18)15-11-25-27(2)13-15;1-28(26,27)7-6-24-2-4-25(5-3-24)17-14(9-20)21-11-15-16(17)13-8-12(19)10-22-18(13)23-15;1-2-25-5-3-12(4-6-25)23-17-14(8-20)21-10-15-16(17)13-7-11(19)9-22-18(13)24-15;18-10-5-11-14-13(25-16(11)24-7-10)8-23-12(6-22)15(14)27-3-1-26(2-4-27)9-17(19,20)21;1-2-23-3-5-24(6-4-23)16-13(8-19)20-10-14-15(16)12-7-11(18)9-21-17(12)22-14/h8,10-13H,3-7H2,1-2H3,(H,24,26);8,10-11H,2-7H2,1H3,(H,22,23);7,9-10,12,23H,2-6H2,1H3,(H,22,24);5,7-8H,1-4,9H2,(H,24,25);7,9-10H,2-6H2,1H3,(H,21,22). The lowest BCUT2D eigenvalue weighted by molar-refractivity contribution is -0.146. The molecule has 21 rings (SSSR count). The molecule has 682 valence electrons. The van der Waals surface area contributed by atoms with Crippen LogP contribution in [0.1, 0.15) is 62.1 Å². The zero-order valence-corrected chi connectivity index (χ0v) is 80.4. The molecule has 34 nitrogen and oxygen atoms in total. The highest BCUT2D eigenvalue weighted by atomic mass is 79.9. The molecule has 0 radical (unpaired) electrons. The Morgan fingerprint density at radius 1 is 0.398 bits per heavy atom. The Bertz CT molecular complexity index is 7430. The molecule has 0 amide bonds. The van der Waals surface area contributed by atoms with E-state index < -0.39 is 22.6 Å². The predicted molar refractivity (Wildman–Crippen MR) is 524 cm³/mol. The summed E-state index contributed by atoms with van der Waals surface area (Å²) in [6.45, 7) is 23.3. The summed E-state index contributed by atoms with van der Waals surface area (Å²) in [6.07, 6.45) is 20.3. The Labute approximate surface area is 795 Å². The topological polar surface area (TPSA) is 420 Å². The zero-order chi connectivity index (χ0) is 93.1. The highest BCUT2D eigenvalue weighted by Crippen LogP contribution is 2.43. The van der Waals surface area contributed by atoms with Crippen LogP contribution in [0, 0.1) is 56.7 Å². The van der Waals surface area contributed by atoms with Gasteiger partial charge in [-0.05, 0) is 127 Å². The maximum atomic E-state index is 12.6. The molecule has 16 aromatic heterocycles. The van der Waals surface area contributed by atoms with E-state index in [1.807, 2.05) is 54.8 Å².